The average Bonchev–Trinajstić information content (AvgIpc) is 2.29. The number of urea groups is 1. The Balaban J connectivity index is 2.04. The molecule has 0 saturated heterocycles. The molecule has 0 atom stereocenters. The molecule has 5 nitrogen and oxygen atoms in total. The number of rotatable bonds is 3. The van der Waals surface area contributed by atoms with Crippen molar-refractivity contribution in [2.45, 2.75) is 31.7 Å². The van der Waals surface area contributed by atoms with Gasteiger partial charge >= 0.3 is 12.0 Å². The number of anilines is 1. The van der Waals surface area contributed by atoms with Gasteiger partial charge in [0.15, 0.2) is 0 Å². The molecule has 1 aromatic carbocycles. The van der Waals surface area contributed by atoms with Gasteiger partial charge < -0.3 is 15.7 Å². The third-order valence-corrected chi connectivity index (χ3v) is 3.33. The van der Waals surface area contributed by atoms with Crippen molar-refractivity contribution in [2.24, 2.45) is 0 Å². The summed E-state index contributed by atoms with van der Waals surface area (Å²) in [5.74, 6) is -2.20. The zero-order valence-corrected chi connectivity index (χ0v) is 10.5. The molecule has 0 spiro atoms. The van der Waals surface area contributed by atoms with E-state index in [-0.39, 0.29) is 11.2 Å². The molecule has 0 bridgehead atoms. The van der Waals surface area contributed by atoms with Crippen molar-refractivity contribution < 1.29 is 19.1 Å². The van der Waals surface area contributed by atoms with E-state index in [1.807, 2.05) is 6.92 Å². The minimum atomic E-state index is -1.37. The number of aromatic carboxylic acids is 1. The standard InChI is InChI=1S/C13H15FN2O3/c1-13(5-2-6-13)16-12(19)15-8-3-4-10(14)9(7-8)11(17)18/h3-4,7H,2,5-6H2,1H3,(H,17,18)(H2,15,16,19). The van der Waals surface area contributed by atoms with Crippen LogP contribution in [-0.4, -0.2) is 22.6 Å². The van der Waals surface area contributed by atoms with Crippen LogP contribution in [0, 0.1) is 5.82 Å². The van der Waals surface area contributed by atoms with Gasteiger partial charge in [-0.05, 0) is 44.4 Å². The topological polar surface area (TPSA) is 78.4 Å². The quantitative estimate of drug-likeness (QED) is 0.786. The second-order valence-corrected chi connectivity index (χ2v) is 4.99. The fourth-order valence-electron chi connectivity index (χ4n) is 2.04. The van der Waals surface area contributed by atoms with E-state index in [2.05, 4.69) is 10.6 Å². The molecule has 0 aromatic heterocycles. The molecule has 3 N–H and O–H groups in total. The molecular weight excluding hydrogens is 251 g/mol. The molecule has 1 aromatic rings. The molecule has 1 fully saturated rings. The Bertz CT molecular complexity index is 527. The van der Waals surface area contributed by atoms with E-state index in [1.165, 1.54) is 6.07 Å². The van der Waals surface area contributed by atoms with E-state index < -0.39 is 23.4 Å². The van der Waals surface area contributed by atoms with Crippen molar-refractivity contribution >= 4 is 17.7 Å². The van der Waals surface area contributed by atoms with E-state index in [0.717, 1.165) is 31.4 Å². The summed E-state index contributed by atoms with van der Waals surface area (Å²) < 4.78 is 13.2. The van der Waals surface area contributed by atoms with Crippen LogP contribution < -0.4 is 10.6 Å². The molecule has 0 heterocycles. The molecule has 0 aliphatic heterocycles. The Morgan fingerprint density at radius 2 is 2.05 bits per heavy atom. The normalized spacial score (nSPS) is 16.3. The first kappa shape index (κ1) is 13.3. The van der Waals surface area contributed by atoms with Crippen LogP contribution in [0.2, 0.25) is 0 Å². The van der Waals surface area contributed by atoms with Crippen molar-refractivity contribution in [3.05, 3.63) is 29.6 Å². The van der Waals surface area contributed by atoms with E-state index in [4.69, 9.17) is 5.11 Å². The van der Waals surface area contributed by atoms with Crippen molar-refractivity contribution in [3.63, 3.8) is 0 Å². The zero-order valence-electron chi connectivity index (χ0n) is 10.5. The molecule has 2 amide bonds. The Morgan fingerprint density at radius 3 is 2.58 bits per heavy atom. The van der Waals surface area contributed by atoms with Gasteiger partial charge in [-0.2, -0.15) is 0 Å². The van der Waals surface area contributed by atoms with Crippen LogP contribution in [0.25, 0.3) is 0 Å². The van der Waals surface area contributed by atoms with E-state index in [9.17, 15) is 14.0 Å². The van der Waals surface area contributed by atoms with Crippen LogP contribution in [0.3, 0.4) is 0 Å². The summed E-state index contributed by atoms with van der Waals surface area (Å²) in [6.45, 7) is 1.95. The smallest absolute Gasteiger partial charge is 0.338 e. The molecule has 102 valence electrons. The van der Waals surface area contributed by atoms with E-state index in [0.29, 0.717) is 0 Å². The highest BCUT2D eigenvalue weighted by Crippen LogP contribution is 2.30. The monoisotopic (exact) mass is 266 g/mol. The zero-order chi connectivity index (χ0) is 14.0. The predicted octanol–water partition coefficient (Wildman–Crippen LogP) is 2.59. The van der Waals surface area contributed by atoms with Crippen molar-refractivity contribution in [1.82, 2.24) is 5.32 Å². The number of amides is 2. The lowest BCUT2D eigenvalue weighted by molar-refractivity contribution is 0.0692. The van der Waals surface area contributed by atoms with E-state index >= 15 is 0 Å². The maximum Gasteiger partial charge on any atom is 0.338 e. The van der Waals surface area contributed by atoms with Crippen molar-refractivity contribution in [3.8, 4) is 0 Å². The molecule has 0 unspecified atom stereocenters. The van der Waals surface area contributed by atoms with Gasteiger partial charge in [0.1, 0.15) is 5.82 Å². The Labute approximate surface area is 109 Å². The molecule has 1 aliphatic carbocycles. The highest BCUT2D eigenvalue weighted by atomic mass is 19.1. The minimum absolute atomic E-state index is 0.195. The van der Waals surface area contributed by atoms with Crippen LogP contribution >= 0.6 is 0 Å². The van der Waals surface area contributed by atoms with Crippen LogP contribution in [0.15, 0.2) is 18.2 Å². The van der Waals surface area contributed by atoms with Crippen molar-refractivity contribution in [1.29, 1.82) is 0 Å². The number of carboxylic acid groups (broad SMARTS) is 1. The van der Waals surface area contributed by atoms with Gasteiger partial charge in [-0.3, -0.25) is 0 Å². The predicted molar refractivity (Wildman–Crippen MR) is 67.8 cm³/mol. The van der Waals surface area contributed by atoms with Gasteiger partial charge in [0.25, 0.3) is 0 Å². The maximum atomic E-state index is 13.2. The molecular formula is C13H15FN2O3. The van der Waals surface area contributed by atoms with Gasteiger partial charge in [0.05, 0.1) is 5.56 Å². The summed E-state index contributed by atoms with van der Waals surface area (Å²) >= 11 is 0. The number of carbonyl (C=O) groups excluding carboxylic acids is 1. The Hall–Kier alpha value is -2.11. The first-order valence-corrected chi connectivity index (χ1v) is 6.02. The highest BCUT2D eigenvalue weighted by molar-refractivity contribution is 5.93. The SMILES string of the molecule is CC1(NC(=O)Nc2ccc(F)c(C(=O)O)c2)CCC1. The average molecular weight is 266 g/mol. The first-order valence-electron chi connectivity index (χ1n) is 6.02. The number of nitrogens with one attached hydrogen (secondary N) is 2. The second kappa shape index (κ2) is 4.87. The summed E-state index contributed by atoms with van der Waals surface area (Å²) in [6, 6.07) is 3.03. The number of carbonyl (C=O) groups is 2. The van der Waals surface area contributed by atoms with E-state index in [1.54, 1.807) is 0 Å². The van der Waals surface area contributed by atoms with Crippen LogP contribution in [-0.2, 0) is 0 Å². The lowest BCUT2D eigenvalue weighted by atomic mass is 9.79. The van der Waals surface area contributed by atoms with Crippen LogP contribution in [0.1, 0.15) is 36.5 Å². The highest BCUT2D eigenvalue weighted by Gasteiger charge is 2.33. The Morgan fingerprint density at radius 1 is 1.37 bits per heavy atom. The third-order valence-electron chi connectivity index (χ3n) is 3.33. The fraction of sp³-hybridized carbons (Fsp3) is 0.385. The number of hydrogen-bond acceptors (Lipinski definition) is 2. The Kier molecular flexibility index (Phi) is 3.42. The van der Waals surface area contributed by atoms with Crippen molar-refractivity contribution in [2.75, 3.05) is 5.32 Å². The number of benzene rings is 1. The van der Waals surface area contributed by atoms with Crippen LogP contribution in [0.5, 0.6) is 0 Å². The molecule has 1 saturated carbocycles. The second-order valence-electron chi connectivity index (χ2n) is 4.99. The lowest BCUT2D eigenvalue weighted by Gasteiger charge is -2.38. The molecule has 1 aliphatic rings. The van der Waals surface area contributed by atoms with Gasteiger partial charge in [0, 0.05) is 11.2 Å². The van der Waals surface area contributed by atoms with Crippen LogP contribution in [0.4, 0.5) is 14.9 Å². The lowest BCUT2D eigenvalue weighted by Crippen LogP contribution is -2.52. The first-order chi connectivity index (χ1) is 8.89. The minimum Gasteiger partial charge on any atom is -0.478 e. The molecule has 19 heavy (non-hydrogen) atoms. The van der Waals surface area contributed by atoms with Gasteiger partial charge in [-0.25, -0.2) is 14.0 Å². The third kappa shape index (κ3) is 3.01. The summed E-state index contributed by atoms with van der Waals surface area (Å²) in [5.41, 5.74) is -0.411. The van der Waals surface area contributed by atoms with Gasteiger partial charge in [0.2, 0.25) is 0 Å². The largest absolute Gasteiger partial charge is 0.478 e. The number of carboxylic acids is 1. The molecule has 0 radical (unpaired) electrons. The maximum absolute atomic E-state index is 13.2. The number of hydrogen-bond donors (Lipinski definition) is 3. The summed E-state index contributed by atoms with van der Waals surface area (Å²) in [5, 5.41) is 14.1. The van der Waals surface area contributed by atoms with Gasteiger partial charge in [-0.1, -0.05) is 0 Å². The molecule has 2 rings (SSSR count). The summed E-state index contributed by atoms with van der Waals surface area (Å²) in [7, 11) is 0. The fourth-order valence-corrected chi connectivity index (χ4v) is 2.04. The number of halogens is 1. The molecule has 6 heteroatoms. The summed E-state index contributed by atoms with van der Waals surface area (Å²) in [4.78, 5) is 22.5. The summed E-state index contributed by atoms with van der Waals surface area (Å²) in [6.07, 6.45) is 2.92. The van der Waals surface area contributed by atoms with Gasteiger partial charge in [-0.15, -0.1) is 0 Å².